The Kier molecular flexibility index (Phi) is 16.0. The Morgan fingerprint density at radius 1 is 1.02 bits per heavy atom. The van der Waals surface area contributed by atoms with Gasteiger partial charge in [-0.1, -0.05) is 18.2 Å². The Balaban J connectivity index is 1.21. The smallest absolute Gasteiger partial charge is 0.246 e. The van der Waals surface area contributed by atoms with E-state index in [1.165, 1.54) is 6.42 Å². The van der Waals surface area contributed by atoms with E-state index in [-0.39, 0.29) is 17.7 Å². The molecule has 0 aromatic heterocycles. The van der Waals surface area contributed by atoms with Gasteiger partial charge in [0.25, 0.3) is 0 Å². The van der Waals surface area contributed by atoms with Gasteiger partial charge in [0.2, 0.25) is 17.7 Å². The van der Waals surface area contributed by atoms with E-state index in [4.69, 9.17) is 14.2 Å². The molecule has 12 nitrogen and oxygen atoms in total. The summed E-state index contributed by atoms with van der Waals surface area (Å²) in [6, 6.07) is 5.04. The molecular formula is C32H49N5O7. The zero-order chi connectivity index (χ0) is 31.6. The second-order valence-corrected chi connectivity index (χ2v) is 11.2. The van der Waals surface area contributed by atoms with Gasteiger partial charge in [0.1, 0.15) is 6.29 Å². The largest absolute Gasteiger partial charge is 0.382 e. The lowest BCUT2D eigenvalue weighted by Gasteiger charge is -2.30. The first-order valence-electron chi connectivity index (χ1n) is 15.6. The molecule has 0 radical (unpaired) electrons. The van der Waals surface area contributed by atoms with Crippen molar-refractivity contribution >= 4 is 29.7 Å². The molecule has 2 N–H and O–H groups in total. The van der Waals surface area contributed by atoms with Crippen molar-refractivity contribution in [2.24, 2.45) is 0 Å². The van der Waals surface area contributed by atoms with Gasteiger partial charge in [0.15, 0.2) is 0 Å². The third-order valence-corrected chi connectivity index (χ3v) is 7.76. The van der Waals surface area contributed by atoms with Gasteiger partial charge in [-0.2, -0.15) is 0 Å². The van der Waals surface area contributed by atoms with Crippen LogP contribution in [0.2, 0.25) is 0 Å². The van der Waals surface area contributed by atoms with E-state index in [9.17, 15) is 19.2 Å². The predicted octanol–water partition coefficient (Wildman–Crippen LogP) is 1.70. The molecule has 1 aromatic rings. The lowest BCUT2D eigenvalue weighted by Crippen LogP contribution is -2.51. The quantitative estimate of drug-likeness (QED) is 0.0968. The number of amides is 3. The molecule has 2 fully saturated rings. The second-order valence-electron chi connectivity index (χ2n) is 11.2. The summed E-state index contributed by atoms with van der Waals surface area (Å²) in [5.41, 5.74) is 2.15. The van der Waals surface area contributed by atoms with Crippen LogP contribution in [0, 0.1) is 0 Å². The molecule has 3 amide bonds. The van der Waals surface area contributed by atoms with E-state index in [1.54, 1.807) is 12.1 Å². The molecule has 44 heavy (non-hydrogen) atoms. The zero-order valence-electron chi connectivity index (χ0n) is 26.3. The molecule has 12 heteroatoms. The number of piperidine rings is 2. The van der Waals surface area contributed by atoms with Gasteiger partial charge in [-0.25, -0.2) is 0 Å². The van der Waals surface area contributed by atoms with E-state index < -0.39 is 6.04 Å². The maximum Gasteiger partial charge on any atom is 0.246 e. The number of aldehydes is 1. The number of likely N-dealkylation sites (tertiary alicyclic amines) is 1. The van der Waals surface area contributed by atoms with Gasteiger partial charge in [-0.05, 0) is 51.4 Å². The van der Waals surface area contributed by atoms with Crippen molar-refractivity contribution in [3.63, 3.8) is 0 Å². The number of rotatable bonds is 20. The molecule has 2 aliphatic heterocycles. The average Bonchev–Trinajstić information content (AvgIpc) is 3.02. The van der Waals surface area contributed by atoms with Crippen molar-refractivity contribution in [2.45, 2.75) is 44.7 Å². The number of hydrogen-bond acceptors (Lipinski definition) is 10. The standard InChI is InChI=1S/C32H49N5O7/c1-35(14-7-10-31(40)37-15-4-3-5-16-37)17-19-43-21-23-44-22-20-42-18-13-33-28-9-6-8-26(25-38)27(28)24-36(2)29-11-12-30(39)34-32(29)41/h6-10,25,29,33H,3-5,11-24H2,1-2H3,(H,34,39,41)/b10-7+. The van der Waals surface area contributed by atoms with Crippen molar-refractivity contribution < 1.29 is 33.4 Å². The maximum absolute atomic E-state index is 12.3. The lowest BCUT2D eigenvalue weighted by molar-refractivity contribution is -0.137. The molecule has 1 aromatic carbocycles. The molecule has 1 atom stereocenters. The molecule has 0 saturated carbocycles. The highest BCUT2D eigenvalue weighted by atomic mass is 16.5. The fourth-order valence-corrected chi connectivity index (χ4v) is 5.18. The summed E-state index contributed by atoms with van der Waals surface area (Å²) in [6.07, 6.45) is 8.58. The number of likely N-dealkylation sites (N-methyl/N-ethyl adjacent to an activating group) is 2. The highest BCUT2D eigenvalue weighted by Crippen LogP contribution is 2.23. The van der Waals surface area contributed by atoms with Gasteiger partial charge in [-0.3, -0.25) is 29.4 Å². The number of hydrogen-bond donors (Lipinski definition) is 2. The molecule has 3 rings (SSSR count). The number of nitrogens with zero attached hydrogens (tertiary/aromatic N) is 3. The first-order valence-corrected chi connectivity index (χ1v) is 15.6. The van der Waals surface area contributed by atoms with Gasteiger partial charge < -0.3 is 29.3 Å². The summed E-state index contributed by atoms with van der Waals surface area (Å²) in [4.78, 5) is 53.5. The molecular weight excluding hydrogens is 566 g/mol. The molecule has 0 spiro atoms. The Labute approximate surface area is 261 Å². The molecule has 1 unspecified atom stereocenters. The topological polar surface area (TPSA) is 130 Å². The maximum atomic E-state index is 12.3. The van der Waals surface area contributed by atoms with Crippen molar-refractivity contribution in [3.05, 3.63) is 41.5 Å². The van der Waals surface area contributed by atoms with E-state index in [1.807, 2.05) is 42.1 Å². The van der Waals surface area contributed by atoms with Crippen LogP contribution >= 0.6 is 0 Å². The molecule has 244 valence electrons. The molecule has 0 bridgehead atoms. The molecule has 2 saturated heterocycles. The third kappa shape index (κ3) is 12.4. The number of ether oxygens (including phenoxy) is 3. The average molecular weight is 616 g/mol. The summed E-state index contributed by atoms with van der Waals surface area (Å²) in [5.74, 6) is -0.452. The summed E-state index contributed by atoms with van der Waals surface area (Å²) >= 11 is 0. The van der Waals surface area contributed by atoms with Crippen molar-refractivity contribution in [1.29, 1.82) is 0 Å². The number of imide groups is 1. The first-order chi connectivity index (χ1) is 21.4. The monoisotopic (exact) mass is 615 g/mol. The molecule has 2 aliphatic rings. The predicted molar refractivity (Wildman–Crippen MR) is 167 cm³/mol. The van der Waals surface area contributed by atoms with Crippen molar-refractivity contribution in [3.8, 4) is 0 Å². The molecule has 2 heterocycles. The number of carbonyl (C=O) groups is 4. The van der Waals surface area contributed by atoms with Crippen LogP contribution in [0.25, 0.3) is 0 Å². The summed E-state index contributed by atoms with van der Waals surface area (Å²) < 4.78 is 16.9. The minimum Gasteiger partial charge on any atom is -0.382 e. The first kappa shape index (κ1) is 35.3. The third-order valence-electron chi connectivity index (χ3n) is 7.76. The fourth-order valence-electron chi connectivity index (χ4n) is 5.18. The fraction of sp³-hybridized carbons (Fsp3) is 0.625. The van der Waals surface area contributed by atoms with Crippen LogP contribution in [0.5, 0.6) is 0 Å². The minimum absolute atomic E-state index is 0.109. The minimum atomic E-state index is -0.426. The van der Waals surface area contributed by atoms with E-state index in [0.29, 0.717) is 77.7 Å². The number of benzene rings is 1. The van der Waals surface area contributed by atoms with Crippen LogP contribution in [-0.2, 0) is 35.1 Å². The number of nitrogens with one attached hydrogen (secondary N) is 2. The SMILES string of the molecule is CN(C/C=C/C(=O)N1CCCCC1)CCOCCOCCOCCNc1cccc(C=O)c1CN(C)C1CCC(=O)NC1=O. The Hall–Kier alpha value is -3.16. The highest BCUT2D eigenvalue weighted by molar-refractivity contribution is 6.00. The van der Waals surface area contributed by atoms with Gasteiger partial charge >= 0.3 is 0 Å². The van der Waals surface area contributed by atoms with Crippen molar-refractivity contribution in [2.75, 3.05) is 91.8 Å². The molecule has 0 aliphatic carbocycles. The number of carbonyl (C=O) groups excluding carboxylic acids is 4. The summed E-state index contributed by atoms with van der Waals surface area (Å²) in [6.45, 7) is 7.07. The summed E-state index contributed by atoms with van der Waals surface area (Å²) in [5, 5.41) is 5.71. The van der Waals surface area contributed by atoms with Crippen LogP contribution in [-0.4, -0.2) is 131 Å². The van der Waals surface area contributed by atoms with Crippen LogP contribution in [0.4, 0.5) is 5.69 Å². The highest BCUT2D eigenvalue weighted by Gasteiger charge is 2.30. The van der Waals surface area contributed by atoms with E-state index in [2.05, 4.69) is 15.5 Å². The van der Waals surface area contributed by atoms with Crippen molar-refractivity contribution in [1.82, 2.24) is 20.0 Å². The Morgan fingerprint density at radius 3 is 2.43 bits per heavy atom. The van der Waals surface area contributed by atoms with Gasteiger partial charge in [0, 0.05) is 63.0 Å². The Bertz CT molecular complexity index is 1090. The summed E-state index contributed by atoms with van der Waals surface area (Å²) in [7, 11) is 3.82. The second kappa shape index (κ2) is 20.0. The van der Waals surface area contributed by atoms with Crippen LogP contribution < -0.4 is 10.6 Å². The van der Waals surface area contributed by atoms with Gasteiger partial charge in [0.05, 0.1) is 45.7 Å². The Morgan fingerprint density at radius 2 is 1.73 bits per heavy atom. The lowest BCUT2D eigenvalue weighted by atomic mass is 10.0. The number of anilines is 1. The van der Waals surface area contributed by atoms with Gasteiger partial charge in [-0.15, -0.1) is 0 Å². The van der Waals surface area contributed by atoms with E-state index >= 15 is 0 Å². The van der Waals surface area contributed by atoms with Crippen LogP contribution in [0.15, 0.2) is 30.4 Å². The van der Waals surface area contributed by atoms with Crippen LogP contribution in [0.1, 0.15) is 48.0 Å². The van der Waals surface area contributed by atoms with Crippen LogP contribution in [0.3, 0.4) is 0 Å². The zero-order valence-corrected chi connectivity index (χ0v) is 26.3. The van der Waals surface area contributed by atoms with E-state index in [0.717, 1.165) is 50.0 Å². The normalized spacial score (nSPS) is 17.5.